The molecule has 6 heteroatoms. The van der Waals surface area contributed by atoms with Gasteiger partial charge in [-0.3, -0.25) is 9.36 Å². The molecule has 24 heavy (non-hydrogen) atoms. The number of amides is 1. The predicted molar refractivity (Wildman–Crippen MR) is 91.4 cm³/mol. The molecule has 0 spiro atoms. The molecule has 0 radical (unpaired) electrons. The average Bonchev–Trinajstić information content (AvgIpc) is 3.01. The molecule has 1 aromatic carbocycles. The van der Waals surface area contributed by atoms with E-state index in [1.165, 1.54) is 0 Å². The van der Waals surface area contributed by atoms with Gasteiger partial charge in [0, 0.05) is 12.4 Å². The van der Waals surface area contributed by atoms with Crippen LogP contribution in [-0.4, -0.2) is 27.0 Å². The lowest BCUT2D eigenvalue weighted by molar-refractivity contribution is -0.118. The summed E-state index contributed by atoms with van der Waals surface area (Å²) in [6, 6.07) is 11.2. The number of ether oxygens (including phenoxy) is 1. The number of hydrogen-bond donors (Lipinski definition) is 1. The minimum Gasteiger partial charge on any atom is -0.484 e. The molecule has 0 aliphatic heterocycles. The molecule has 0 atom stereocenters. The molecule has 0 aliphatic carbocycles. The van der Waals surface area contributed by atoms with Crippen molar-refractivity contribution in [1.82, 2.24) is 14.5 Å². The highest BCUT2D eigenvalue weighted by molar-refractivity contribution is 5.91. The van der Waals surface area contributed by atoms with E-state index in [0.717, 1.165) is 17.2 Å². The van der Waals surface area contributed by atoms with E-state index in [2.05, 4.69) is 15.3 Å². The Hall–Kier alpha value is -3.15. The van der Waals surface area contributed by atoms with Crippen molar-refractivity contribution in [2.24, 2.45) is 0 Å². The Kier molecular flexibility index (Phi) is 4.56. The third kappa shape index (κ3) is 3.78. The molecule has 1 N–H and O–H groups in total. The van der Waals surface area contributed by atoms with E-state index in [4.69, 9.17) is 4.74 Å². The number of rotatable bonds is 5. The van der Waals surface area contributed by atoms with Gasteiger partial charge in [-0.25, -0.2) is 9.97 Å². The van der Waals surface area contributed by atoms with E-state index >= 15 is 0 Å². The van der Waals surface area contributed by atoms with E-state index in [1.807, 2.05) is 54.9 Å². The average molecular weight is 322 g/mol. The standard InChI is InChI=1S/C18H18N4O2/c1-13-3-6-16(7-4-13)24-12-18(23)21-15-5-8-17(20-11-15)22-10-9-19-14(22)2/h3-11H,12H2,1-2H3,(H,21,23). The van der Waals surface area contributed by atoms with Gasteiger partial charge in [-0.05, 0) is 38.1 Å². The van der Waals surface area contributed by atoms with Crippen molar-refractivity contribution in [2.75, 3.05) is 11.9 Å². The van der Waals surface area contributed by atoms with Crippen LogP contribution in [0, 0.1) is 13.8 Å². The molecular weight excluding hydrogens is 304 g/mol. The van der Waals surface area contributed by atoms with Crippen molar-refractivity contribution >= 4 is 11.6 Å². The van der Waals surface area contributed by atoms with Gasteiger partial charge in [0.1, 0.15) is 17.4 Å². The SMILES string of the molecule is Cc1ccc(OCC(=O)Nc2ccc(-n3ccnc3C)nc2)cc1. The van der Waals surface area contributed by atoms with Crippen LogP contribution < -0.4 is 10.1 Å². The fourth-order valence-corrected chi connectivity index (χ4v) is 2.20. The Morgan fingerprint density at radius 2 is 1.92 bits per heavy atom. The minimum atomic E-state index is -0.232. The fourth-order valence-electron chi connectivity index (χ4n) is 2.20. The lowest BCUT2D eigenvalue weighted by Gasteiger charge is -2.09. The maximum absolute atomic E-state index is 11.9. The molecule has 0 bridgehead atoms. The second kappa shape index (κ2) is 6.95. The van der Waals surface area contributed by atoms with Gasteiger partial charge in [-0.1, -0.05) is 17.7 Å². The number of carbonyl (C=O) groups excluding carboxylic acids is 1. The largest absolute Gasteiger partial charge is 0.484 e. The van der Waals surface area contributed by atoms with Crippen LogP contribution in [0.2, 0.25) is 0 Å². The third-order valence-electron chi connectivity index (χ3n) is 3.50. The molecule has 0 saturated carbocycles. The van der Waals surface area contributed by atoms with E-state index < -0.39 is 0 Å². The van der Waals surface area contributed by atoms with E-state index in [9.17, 15) is 4.79 Å². The maximum Gasteiger partial charge on any atom is 0.262 e. The highest BCUT2D eigenvalue weighted by Crippen LogP contribution is 2.13. The molecule has 3 rings (SSSR count). The number of nitrogens with one attached hydrogen (secondary N) is 1. The number of hydrogen-bond acceptors (Lipinski definition) is 4. The highest BCUT2D eigenvalue weighted by Gasteiger charge is 2.06. The van der Waals surface area contributed by atoms with Gasteiger partial charge in [0.15, 0.2) is 6.61 Å². The minimum absolute atomic E-state index is 0.0502. The van der Waals surface area contributed by atoms with Gasteiger partial charge >= 0.3 is 0 Å². The van der Waals surface area contributed by atoms with Crippen LogP contribution in [0.15, 0.2) is 55.0 Å². The van der Waals surface area contributed by atoms with Crippen molar-refractivity contribution in [3.05, 3.63) is 66.4 Å². The first-order valence-electron chi connectivity index (χ1n) is 7.57. The summed E-state index contributed by atoms with van der Waals surface area (Å²) >= 11 is 0. The van der Waals surface area contributed by atoms with E-state index in [1.54, 1.807) is 18.5 Å². The first-order valence-corrected chi connectivity index (χ1v) is 7.57. The molecule has 0 aliphatic rings. The van der Waals surface area contributed by atoms with Crippen molar-refractivity contribution in [3.8, 4) is 11.6 Å². The van der Waals surface area contributed by atoms with Crippen molar-refractivity contribution in [2.45, 2.75) is 13.8 Å². The monoisotopic (exact) mass is 322 g/mol. The Balaban J connectivity index is 1.56. The lowest BCUT2D eigenvalue weighted by atomic mass is 10.2. The van der Waals surface area contributed by atoms with Crippen LogP contribution in [0.3, 0.4) is 0 Å². The summed E-state index contributed by atoms with van der Waals surface area (Å²) in [6.45, 7) is 3.85. The smallest absolute Gasteiger partial charge is 0.262 e. The van der Waals surface area contributed by atoms with E-state index in [-0.39, 0.29) is 12.5 Å². The Labute approximate surface area is 140 Å². The van der Waals surface area contributed by atoms with Gasteiger partial charge in [0.25, 0.3) is 5.91 Å². The summed E-state index contributed by atoms with van der Waals surface area (Å²) in [5, 5.41) is 2.76. The second-order valence-corrected chi connectivity index (χ2v) is 5.40. The summed E-state index contributed by atoms with van der Waals surface area (Å²) in [5.74, 6) is 2.04. The molecule has 2 heterocycles. The molecule has 1 amide bonds. The Morgan fingerprint density at radius 3 is 2.54 bits per heavy atom. The van der Waals surface area contributed by atoms with Gasteiger partial charge in [-0.2, -0.15) is 0 Å². The van der Waals surface area contributed by atoms with Crippen LogP contribution in [-0.2, 0) is 4.79 Å². The molecule has 0 fully saturated rings. The zero-order chi connectivity index (χ0) is 16.9. The van der Waals surface area contributed by atoms with Crippen LogP contribution in [0.25, 0.3) is 5.82 Å². The number of aryl methyl sites for hydroxylation is 2. The quantitative estimate of drug-likeness (QED) is 0.784. The number of nitrogens with zero attached hydrogens (tertiary/aromatic N) is 3. The summed E-state index contributed by atoms with van der Waals surface area (Å²) in [4.78, 5) is 20.4. The van der Waals surface area contributed by atoms with E-state index in [0.29, 0.717) is 11.4 Å². The molecule has 0 unspecified atom stereocenters. The summed E-state index contributed by atoms with van der Waals surface area (Å²) < 4.78 is 7.32. The summed E-state index contributed by atoms with van der Waals surface area (Å²) in [6.07, 6.45) is 5.17. The van der Waals surface area contributed by atoms with Crippen molar-refractivity contribution < 1.29 is 9.53 Å². The third-order valence-corrected chi connectivity index (χ3v) is 3.50. The first-order chi connectivity index (χ1) is 11.6. The number of aromatic nitrogens is 3. The van der Waals surface area contributed by atoms with Gasteiger partial charge in [0.05, 0.1) is 11.9 Å². The zero-order valence-corrected chi connectivity index (χ0v) is 13.6. The normalized spacial score (nSPS) is 10.4. The summed E-state index contributed by atoms with van der Waals surface area (Å²) in [7, 11) is 0. The van der Waals surface area contributed by atoms with Crippen molar-refractivity contribution in [3.63, 3.8) is 0 Å². The first kappa shape index (κ1) is 15.7. The van der Waals surface area contributed by atoms with Crippen LogP contribution in [0.5, 0.6) is 5.75 Å². The topological polar surface area (TPSA) is 69.0 Å². The van der Waals surface area contributed by atoms with Crippen LogP contribution in [0.4, 0.5) is 5.69 Å². The maximum atomic E-state index is 11.9. The lowest BCUT2D eigenvalue weighted by Crippen LogP contribution is -2.20. The number of imidazole rings is 1. The number of pyridine rings is 1. The molecule has 3 aromatic rings. The van der Waals surface area contributed by atoms with Crippen molar-refractivity contribution in [1.29, 1.82) is 0 Å². The molecule has 2 aromatic heterocycles. The molecular formula is C18H18N4O2. The Morgan fingerprint density at radius 1 is 1.12 bits per heavy atom. The van der Waals surface area contributed by atoms with Gasteiger partial charge in [0.2, 0.25) is 0 Å². The van der Waals surface area contributed by atoms with Crippen LogP contribution >= 0.6 is 0 Å². The number of carbonyl (C=O) groups is 1. The van der Waals surface area contributed by atoms with Crippen LogP contribution in [0.1, 0.15) is 11.4 Å². The highest BCUT2D eigenvalue weighted by atomic mass is 16.5. The molecule has 6 nitrogen and oxygen atoms in total. The number of benzene rings is 1. The molecule has 0 saturated heterocycles. The number of anilines is 1. The predicted octanol–water partition coefficient (Wildman–Crippen LogP) is 2.90. The zero-order valence-electron chi connectivity index (χ0n) is 13.6. The van der Waals surface area contributed by atoms with Gasteiger partial charge in [-0.15, -0.1) is 0 Å². The fraction of sp³-hybridized carbons (Fsp3) is 0.167. The molecule has 122 valence electrons. The Bertz CT molecular complexity index is 823. The van der Waals surface area contributed by atoms with Gasteiger partial charge < -0.3 is 10.1 Å². The summed E-state index contributed by atoms with van der Waals surface area (Å²) in [5.41, 5.74) is 1.76. The second-order valence-electron chi connectivity index (χ2n) is 5.40.